The van der Waals surface area contributed by atoms with Crippen molar-refractivity contribution < 1.29 is 17.7 Å². The molecule has 0 spiro atoms. The SMILES string of the molecule is COc1cc(-c2ccno2)ccc1S(=O)(=O)N1CCN(c2cccc(C)c2)[C@@H](C)C1. The molecule has 0 bridgehead atoms. The van der Waals surface area contributed by atoms with Crippen LogP contribution in [0.25, 0.3) is 11.3 Å². The highest BCUT2D eigenvalue weighted by Gasteiger charge is 2.34. The van der Waals surface area contributed by atoms with Gasteiger partial charge in [0, 0.05) is 43.0 Å². The quantitative estimate of drug-likeness (QED) is 0.620. The zero-order valence-electron chi connectivity index (χ0n) is 17.3. The van der Waals surface area contributed by atoms with Gasteiger partial charge in [-0.2, -0.15) is 4.31 Å². The minimum Gasteiger partial charge on any atom is -0.495 e. The van der Waals surface area contributed by atoms with E-state index in [1.165, 1.54) is 17.0 Å². The number of rotatable bonds is 5. The molecule has 158 valence electrons. The topological polar surface area (TPSA) is 75.9 Å². The fourth-order valence-electron chi connectivity index (χ4n) is 3.87. The first-order valence-corrected chi connectivity index (χ1v) is 11.3. The molecule has 1 fully saturated rings. The van der Waals surface area contributed by atoms with Crippen molar-refractivity contribution in [2.24, 2.45) is 0 Å². The van der Waals surface area contributed by atoms with Crippen LogP contribution in [0.5, 0.6) is 5.75 Å². The molecule has 0 unspecified atom stereocenters. The summed E-state index contributed by atoms with van der Waals surface area (Å²) in [7, 11) is -2.23. The van der Waals surface area contributed by atoms with Crippen molar-refractivity contribution in [3.05, 3.63) is 60.3 Å². The summed E-state index contributed by atoms with van der Waals surface area (Å²) in [5, 5.41) is 3.70. The Morgan fingerprint density at radius 1 is 1.13 bits per heavy atom. The summed E-state index contributed by atoms with van der Waals surface area (Å²) in [5.74, 6) is 0.843. The van der Waals surface area contributed by atoms with Crippen molar-refractivity contribution in [3.63, 3.8) is 0 Å². The van der Waals surface area contributed by atoms with E-state index < -0.39 is 10.0 Å². The smallest absolute Gasteiger partial charge is 0.246 e. The number of piperazine rings is 1. The molecular formula is C22H25N3O4S. The van der Waals surface area contributed by atoms with Crippen molar-refractivity contribution in [1.82, 2.24) is 9.46 Å². The highest BCUT2D eigenvalue weighted by Crippen LogP contribution is 2.33. The van der Waals surface area contributed by atoms with Crippen molar-refractivity contribution >= 4 is 15.7 Å². The molecule has 0 aliphatic carbocycles. The van der Waals surface area contributed by atoms with Crippen LogP contribution in [0.3, 0.4) is 0 Å². The Morgan fingerprint density at radius 2 is 1.97 bits per heavy atom. The van der Waals surface area contributed by atoms with Crippen LogP contribution in [0.1, 0.15) is 12.5 Å². The molecule has 8 heteroatoms. The van der Waals surface area contributed by atoms with Crippen LogP contribution >= 0.6 is 0 Å². The molecule has 1 atom stereocenters. The van der Waals surface area contributed by atoms with Crippen molar-refractivity contribution in [2.45, 2.75) is 24.8 Å². The largest absolute Gasteiger partial charge is 0.495 e. The third kappa shape index (κ3) is 3.80. The van der Waals surface area contributed by atoms with Gasteiger partial charge in [0.25, 0.3) is 0 Å². The number of aromatic nitrogens is 1. The second kappa shape index (κ2) is 8.12. The predicted molar refractivity (Wildman–Crippen MR) is 115 cm³/mol. The summed E-state index contributed by atoms with van der Waals surface area (Å²) in [6.45, 7) is 5.55. The van der Waals surface area contributed by atoms with Crippen molar-refractivity contribution in [2.75, 3.05) is 31.6 Å². The molecule has 0 amide bonds. The van der Waals surface area contributed by atoms with Gasteiger partial charge in [-0.25, -0.2) is 8.42 Å². The zero-order valence-corrected chi connectivity index (χ0v) is 18.1. The summed E-state index contributed by atoms with van der Waals surface area (Å²) in [6, 6.07) is 15.0. The third-order valence-corrected chi connectivity index (χ3v) is 7.33. The van der Waals surface area contributed by atoms with Crippen LogP contribution in [0.2, 0.25) is 0 Å². The summed E-state index contributed by atoms with van der Waals surface area (Å²) < 4.78 is 38.9. The van der Waals surface area contributed by atoms with Gasteiger partial charge in [0.05, 0.1) is 13.3 Å². The van der Waals surface area contributed by atoms with Gasteiger partial charge in [-0.15, -0.1) is 0 Å². The van der Waals surface area contributed by atoms with E-state index in [-0.39, 0.29) is 16.7 Å². The van der Waals surface area contributed by atoms with Crippen LogP contribution in [0.15, 0.2) is 64.1 Å². The molecule has 0 N–H and O–H groups in total. The first-order valence-electron chi connectivity index (χ1n) is 9.82. The number of hydrogen-bond donors (Lipinski definition) is 0. The minimum atomic E-state index is -3.70. The maximum Gasteiger partial charge on any atom is 0.246 e. The maximum atomic E-state index is 13.4. The van der Waals surface area contributed by atoms with Crippen LogP contribution in [0.4, 0.5) is 5.69 Å². The zero-order chi connectivity index (χ0) is 21.3. The van der Waals surface area contributed by atoms with E-state index in [2.05, 4.69) is 35.2 Å². The third-order valence-electron chi connectivity index (χ3n) is 5.43. The number of sulfonamides is 1. The monoisotopic (exact) mass is 427 g/mol. The molecule has 3 aromatic rings. The number of nitrogens with zero attached hydrogens (tertiary/aromatic N) is 3. The van der Waals surface area contributed by atoms with Gasteiger partial charge in [0.15, 0.2) is 5.76 Å². The lowest BCUT2D eigenvalue weighted by Gasteiger charge is -2.40. The van der Waals surface area contributed by atoms with Crippen molar-refractivity contribution in [1.29, 1.82) is 0 Å². The first kappa shape index (κ1) is 20.4. The van der Waals surface area contributed by atoms with E-state index in [4.69, 9.17) is 9.26 Å². The molecule has 4 rings (SSSR count). The van der Waals surface area contributed by atoms with Crippen molar-refractivity contribution in [3.8, 4) is 17.1 Å². The standard InChI is InChI=1S/C22H25N3O4S/c1-16-5-4-6-19(13-16)25-12-11-24(15-17(25)2)30(26,27)22-8-7-18(14-21(22)28-3)20-9-10-23-29-20/h4-10,13-14,17H,11-12,15H2,1-3H3/t17-/m0/s1. The Morgan fingerprint density at radius 3 is 2.63 bits per heavy atom. The van der Waals surface area contributed by atoms with Crippen LogP contribution in [0, 0.1) is 6.92 Å². The average Bonchev–Trinajstić information content (AvgIpc) is 3.28. The summed E-state index contributed by atoms with van der Waals surface area (Å²) in [5.41, 5.74) is 3.01. The normalized spacial score (nSPS) is 17.8. The molecule has 1 saturated heterocycles. The van der Waals surface area contributed by atoms with E-state index in [1.807, 2.05) is 13.0 Å². The van der Waals surface area contributed by atoms with Gasteiger partial charge >= 0.3 is 0 Å². The summed E-state index contributed by atoms with van der Waals surface area (Å²) in [6.07, 6.45) is 1.54. The van der Waals surface area contributed by atoms with Gasteiger partial charge in [-0.05, 0) is 49.7 Å². The van der Waals surface area contributed by atoms with Gasteiger partial charge in [0.1, 0.15) is 10.6 Å². The fourth-order valence-corrected chi connectivity index (χ4v) is 5.52. The summed E-state index contributed by atoms with van der Waals surface area (Å²) in [4.78, 5) is 2.41. The Kier molecular flexibility index (Phi) is 5.53. The van der Waals surface area contributed by atoms with Crippen LogP contribution in [-0.4, -0.2) is 50.7 Å². The Hall–Kier alpha value is -2.84. The first-order chi connectivity index (χ1) is 14.4. The van der Waals surface area contributed by atoms with Gasteiger partial charge in [-0.3, -0.25) is 0 Å². The number of benzene rings is 2. The van der Waals surface area contributed by atoms with Gasteiger partial charge in [-0.1, -0.05) is 17.3 Å². The number of anilines is 1. The lowest BCUT2D eigenvalue weighted by Crippen LogP contribution is -2.53. The van der Waals surface area contributed by atoms with E-state index in [0.29, 0.717) is 31.0 Å². The minimum absolute atomic E-state index is 0.0507. The maximum absolute atomic E-state index is 13.4. The molecule has 2 heterocycles. The lowest BCUT2D eigenvalue weighted by atomic mass is 10.1. The van der Waals surface area contributed by atoms with Gasteiger partial charge < -0.3 is 14.2 Å². The highest BCUT2D eigenvalue weighted by atomic mass is 32.2. The molecule has 1 aliphatic heterocycles. The second-order valence-corrected chi connectivity index (χ2v) is 9.39. The number of ether oxygens (including phenoxy) is 1. The van der Waals surface area contributed by atoms with E-state index in [1.54, 1.807) is 30.5 Å². The number of hydrogen-bond acceptors (Lipinski definition) is 6. The lowest BCUT2D eigenvalue weighted by molar-refractivity contribution is 0.339. The van der Waals surface area contributed by atoms with Gasteiger partial charge in [0.2, 0.25) is 10.0 Å². The average molecular weight is 428 g/mol. The molecule has 1 aromatic heterocycles. The van der Waals surface area contributed by atoms with Crippen LogP contribution < -0.4 is 9.64 Å². The molecule has 1 aliphatic rings. The predicted octanol–water partition coefficient (Wildman–Crippen LogP) is 3.56. The molecule has 0 saturated carbocycles. The molecule has 7 nitrogen and oxygen atoms in total. The Balaban J connectivity index is 1.58. The molecule has 2 aromatic carbocycles. The second-order valence-electron chi connectivity index (χ2n) is 7.49. The van der Waals surface area contributed by atoms with E-state index in [9.17, 15) is 8.42 Å². The van der Waals surface area contributed by atoms with Crippen LogP contribution in [-0.2, 0) is 10.0 Å². The number of aryl methyl sites for hydroxylation is 1. The molecular weight excluding hydrogens is 402 g/mol. The Labute approximate surface area is 176 Å². The molecule has 0 radical (unpaired) electrons. The number of methoxy groups -OCH3 is 1. The molecule has 30 heavy (non-hydrogen) atoms. The van der Waals surface area contributed by atoms with E-state index >= 15 is 0 Å². The van der Waals surface area contributed by atoms with E-state index in [0.717, 1.165) is 5.69 Å². The summed E-state index contributed by atoms with van der Waals surface area (Å²) >= 11 is 0. The highest BCUT2D eigenvalue weighted by molar-refractivity contribution is 7.89. The Bertz CT molecular complexity index is 1130. The fraction of sp³-hybridized carbons (Fsp3) is 0.318.